The topological polar surface area (TPSA) is 136 Å². The van der Waals surface area contributed by atoms with E-state index < -0.39 is 23.6 Å². The lowest BCUT2D eigenvalue weighted by Gasteiger charge is -2.29. The molecule has 0 spiro atoms. The third kappa shape index (κ3) is 9.19. The van der Waals surface area contributed by atoms with Crippen LogP contribution in [0, 0.1) is 89.9 Å². The van der Waals surface area contributed by atoms with E-state index >= 15 is 13.2 Å². The molecule has 0 N–H and O–H groups in total. The quantitative estimate of drug-likeness (QED) is 0.146. The lowest BCUT2D eigenvalue weighted by atomic mass is 9.74. The highest BCUT2D eigenvalue weighted by Gasteiger charge is 2.41. The van der Waals surface area contributed by atoms with Gasteiger partial charge in [0.25, 0.3) is 0 Å². The van der Waals surface area contributed by atoms with Gasteiger partial charge in [0.2, 0.25) is 0 Å². The minimum absolute atomic E-state index is 0.124. The maximum absolute atomic E-state index is 16.3. The molecule has 12 heteroatoms. The molecule has 0 amide bonds. The van der Waals surface area contributed by atoms with Crippen LogP contribution >= 0.6 is 0 Å². The van der Waals surface area contributed by atoms with Gasteiger partial charge in [-0.3, -0.25) is 0 Å². The van der Waals surface area contributed by atoms with Crippen LogP contribution in [0.4, 0.5) is 35.9 Å². The molecule has 0 unspecified atom stereocenters. The molecule has 0 aromatic heterocycles. The van der Waals surface area contributed by atoms with Crippen LogP contribution in [0.3, 0.4) is 0 Å². The average molecular weight is 1090 g/mol. The third-order valence-corrected chi connectivity index (χ3v) is 15.8. The Morgan fingerprint density at radius 3 is 0.906 bits per heavy atom. The highest BCUT2D eigenvalue weighted by Crippen LogP contribution is 2.58. The first-order chi connectivity index (χ1) is 41.2. The molecule has 0 heterocycles. The smallest absolute Gasteiger partial charge is 0.238 e. The molecule has 0 fully saturated rings. The Labute approximate surface area is 487 Å². The molecular formula is C73H34F3N9. The summed E-state index contributed by atoms with van der Waals surface area (Å²) < 4.78 is 48.8. The van der Waals surface area contributed by atoms with Crippen LogP contribution in [0.1, 0.15) is 84.2 Å². The number of halogens is 3. The lowest BCUT2D eigenvalue weighted by molar-refractivity contribution is -0.137. The van der Waals surface area contributed by atoms with Gasteiger partial charge < -0.3 is 0 Å². The maximum atomic E-state index is 16.3. The van der Waals surface area contributed by atoms with Gasteiger partial charge in [-0.1, -0.05) is 60.7 Å². The van der Waals surface area contributed by atoms with Crippen molar-refractivity contribution in [2.75, 3.05) is 0 Å². The van der Waals surface area contributed by atoms with Crippen molar-refractivity contribution in [3.05, 3.63) is 294 Å². The minimum Gasteiger partial charge on any atom is -0.238 e. The highest BCUT2D eigenvalue weighted by atomic mass is 19.4. The van der Waals surface area contributed by atoms with Crippen LogP contribution in [0.2, 0.25) is 0 Å². The number of aryl methyl sites for hydroxylation is 1. The van der Waals surface area contributed by atoms with Crippen LogP contribution in [0.5, 0.6) is 0 Å². The van der Waals surface area contributed by atoms with Gasteiger partial charge in [-0.15, -0.1) is 0 Å². The summed E-state index contributed by atoms with van der Waals surface area (Å²) in [7, 11) is 0. The summed E-state index contributed by atoms with van der Waals surface area (Å²) in [5, 5.41) is 51.8. The Balaban J connectivity index is 1.23. The van der Waals surface area contributed by atoms with Crippen molar-refractivity contribution in [3.8, 4) is 108 Å². The normalized spacial score (nSPS) is 11.8. The zero-order valence-electron chi connectivity index (χ0n) is 44.6. The molecule has 0 saturated carbocycles. The molecule has 0 saturated heterocycles. The Morgan fingerprint density at radius 2 is 0.635 bits per heavy atom. The number of nitrogens with zero attached hydrogens (tertiary/aromatic N) is 9. The van der Waals surface area contributed by atoms with E-state index in [1.807, 2.05) is 72.8 Å². The molecule has 9 nitrogen and oxygen atoms in total. The fourth-order valence-corrected chi connectivity index (χ4v) is 12.3. The van der Waals surface area contributed by atoms with Crippen LogP contribution in [-0.4, -0.2) is 0 Å². The molecule has 0 atom stereocenters. The van der Waals surface area contributed by atoms with E-state index in [4.69, 9.17) is 26.3 Å². The first-order valence-electron chi connectivity index (χ1n) is 26.2. The van der Waals surface area contributed by atoms with E-state index in [1.165, 1.54) is 30.3 Å². The summed E-state index contributed by atoms with van der Waals surface area (Å²) in [6, 6.07) is 60.4. The minimum atomic E-state index is -4.92. The molecule has 0 radical (unpaired) electrons. The van der Waals surface area contributed by atoms with E-state index in [1.54, 1.807) is 73.7 Å². The fraction of sp³-hybridized carbons (Fsp3) is 0.0548. The molecule has 10 aromatic carbocycles. The van der Waals surface area contributed by atoms with Crippen LogP contribution < -0.4 is 0 Å². The average Bonchev–Trinajstić information content (AvgIpc) is 3.05. The van der Waals surface area contributed by atoms with E-state index in [-0.39, 0.29) is 67.3 Å². The monoisotopic (exact) mass is 1090 g/mol. The molecule has 12 rings (SSSR count). The Kier molecular flexibility index (Phi) is 13.0. The predicted octanol–water partition coefficient (Wildman–Crippen LogP) is 19.2. The Morgan fingerprint density at radius 1 is 0.341 bits per heavy atom. The second kappa shape index (κ2) is 20.8. The molecule has 10 aromatic rings. The Hall–Kier alpha value is -12.6. The van der Waals surface area contributed by atoms with E-state index in [9.17, 15) is 26.3 Å². The van der Waals surface area contributed by atoms with Crippen molar-refractivity contribution < 1.29 is 13.2 Å². The first-order valence-corrected chi connectivity index (χ1v) is 26.2. The van der Waals surface area contributed by atoms with Gasteiger partial charge in [0.1, 0.15) is 0 Å². The van der Waals surface area contributed by atoms with Gasteiger partial charge >= 0.3 is 6.18 Å². The second-order valence-corrected chi connectivity index (χ2v) is 20.7. The number of hydrogen-bond donors (Lipinski definition) is 0. The largest absolute Gasteiger partial charge is 0.417 e. The van der Waals surface area contributed by atoms with Crippen molar-refractivity contribution in [1.29, 1.82) is 26.3 Å². The molecule has 0 bridgehead atoms. The molecule has 392 valence electrons. The summed E-state index contributed by atoms with van der Waals surface area (Å²) in [5.41, 5.74) is 12.2. The first kappa shape index (κ1) is 53.1. The lowest BCUT2D eigenvalue weighted by Crippen LogP contribution is -2.14. The van der Waals surface area contributed by atoms with Gasteiger partial charge in [-0.25, -0.2) is 19.4 Å². The van der Waals surface area contributed by atoms with E-state index in [0.29, 0.717) is 77.9 Å². The van der Waals surface area contributed by atoms with Gasteiger partial charge in [-0.2, -0.15) is 39.5 Å². The van der Waals surface area contributed by atoms with Crippen LogP contribution in [0.25, 0.3) is 97.3 Å². The summed E-state index contributed by atoms with van der Waals surface area (Å²) >= 11 is 0. The summed E-state index contributed by atoms with van der Waals surface area (Å²) in [5.74, 6) is -1.88. The van der Waals surface area contributed by atoms with Crippen molar-refractivity contribution in [1.82, 2.24) is 0 Å². The van der Waals surface area contributed by atoms with Crippen molar-refractivity contribution in [2.24, 2.45) is 0 Å². The summed E-state index contributed by atoms with van der Waals surface area (Å²) in [4.78, 5) is 14.6. The molecule has 85 heavy (non-hydrogen) atoms. The standard InChI is InChI=1S/C73H34F3N9/c1-40-7-6-8-68(73(74,75)76)69(40)72-66(70-62-31-46(50-17-41(35-77)21-54(27-50)82-2)9-13-58(62)59-14-10-47(32-63(59)70)51-18-42(36-78)22-55(28-51)83-3)25-45(39-81)26-67(72)71-64-33-48(52-19-43(37-79)23-56(29-52)84-4)11-15-60(64)61-16-12-49(34-65(61)71)53-20-44(38-80)24-57(30-53)85-5/h6-34,70-71H,1H3. The zero-order valence-corrected chi connectivity index (χ0v) is 44.6. The van der Waals surface area contributed by atoms with Crippen molar-refractivity contribution in [3.63, 3.8) is 0 Å². The number of rotatable bonds is 7. The predicted molar refractivity (Wildman–Crippen MR) is 318 cm³/mol. The van der Waals surface area contributed by atoms with E-state index in [0.717, 1.165) is 28.3 Å². The Bertz CT molecular complexity index is 4390. The molecule has 2 aliphatic carbocycles. The fourth-order valence-electron chi connectivity index (χ4n) is 12.3. The number of benzene rings is 10. The number of fused-ring (bicyclic) bond motifs is 6. The van der Waals surface area contributed by atoms with Gasteiger partial charge in [0.05, 0.1) is 67.8 Å². The molecular weight excluding hydrogens is 1060 g/mol. The van der Waals surface area contributed by atoms with Crippen LogP contribution in [0.15, 0.2) is 176 Å². The van der Waals surface area contributed by atoms with Gasteiger partial charge in [-0.05, 0) is 239 Å². The number of nitriles is 5. The van der Waals surface area contributed by atoms with Gasteiger partial charge in [0, 0.05) is 34.1 Å². The second-order valence-electron chi connectivity index (χ2n) is 20.7. The third-order valence-electron chi connectivity index (χ3n) is 15.8. The summed E-state index contributed by atoms with van der Waals surface area (Å²) in [6.45, 7) is 33.2. The van der Waals surface area contributed by atoms with E-state index in [2.05, 4.69) is 49.7 Å². The summed E-state index contributed by atoms with van der Waals surface area (Å²) in [6.07, 6.45) is -4.92. The van der Waals surface area contributed by atoms with Crippen molar-refractivity contribution >= 4 is 22.7 Å². The highest BCUT2D eigenvalue weighted by molar-refractivity contribution is 5.93. The molecule has 0 aliphatic heterocycles. The van der Waals surface area contributed by atoms with Crippen LogP contribution in [-0.2, 0) is 6.18 Å². The maximum Gasteiger partial charge on any atom is 0.417 e. The molecule has 2 aliphatic rings. The number of alkyl halides is 3. The zero-order chi connectivity index (χ0) is 59.4. The van der Waals surface area contributed by atoms with Crippen molar-refractivity contribution in [2.45, 2.75) is 24.9 Å². The number of hydrogen-bond acceptors (Lipinski definition) is 5. The van der Waals surface area contributed by atoms with Gasteiger partial charge in [0.15, 0.2) is 22.7 Å². The SMILES string of the molecule is [C-]#[N+]c1cc(C#N)cc(-c2ccc3c(c2)C(c2cc(C#N)cc(C4c5cc(-c6cc(C#N)cc([N+]#[C-])c6)ccc5-c5ccc(-c6cc(C#N)cc([N+]#[C-])c6)cc54)c2-c2c(C)cccc2C(F)(F)F)c2cc(-c4cc(C#N)cc([N+]#[C-])c4)ccc2-3)c1.